The van der Waals surface area contributed by atoms with Gasteiger partial charge < -0.3 is 5.73 Å². The van der Waals surface area contributed by atoms with Crippen LogP contribution in [0.1, 0.15) is 5.69 Å². The Balaban J connectivity index is 2.46. The van der Waals surface area contributed by atoms with Crippen LogP contribution in [-0.4, -0.2) is 19.7 Å². The highest BCUT2D eigenvalue weighted by Gasteiger charge is 2.14. The number of nitrogens with zero attached hydrogens (tertiary/aromatic N) is 1. The first-order valence-corrected chi connectivity index (χ1v) is 7.64. The van der Waals surface area contributed by atoms with Crippen LogP contribution in [0.25, 0.3) is 5.57 Å². The number of aldehydes is 1. The average Bonchev–Trinajstić information content (AvgIpc) is 2.84. The molecule has 98 valence electrons. The molecule has 0 saturated heterocycles. The van der Waals surface area contributed by atoms with E-state index in [9.17, 15) is 13.2 Å². The summed E-state index contributed by atoms with van der Waals surface area (Å²) in [6.07, 6.45) is 0.453. The summed E-state index contributed by atoms with van der Waals surface area (Å²) in [4.78, 5) is 15.0. The van der Waals surface area contributed by atoms with Crippen LogP contribution in [0.3, 0.4) is 0 Å². The van der Waals surface area contributed by atoms with Gasteiger partial charge in [-0.2, -0.15) is 0 Å². The van der Waals surface area contributed by atoms with E-state index in [-0.39, 0.29) is 21.3 Å². The van der Waals surface area contributed by atoms with E-state index in [2.05, 4.69) is 4.98 Å². The molecule has 1 heterocycles. The molecule has 0 atom stereocenters. The van der Waals surface area contributed by atoms with Gasteiger partial charge in [0, 0.05) is 10.8 Å². The molecule has 5 nitrogen and oxygen atoms in total. The van der Waals surface area contributed by atoms with Crippen molar-refractivity contribution in [3.63, 3.8) is 0 Å². The second-order valence-corrected chi connectivity index (χ2v) is 6.31. The monoisotopic (exact) mass is 294 g/mol. The minimum atomic E-state index is -3.68. The number of aromatic nitrogens is 1. The van der Waals surface area contributed by atoms with Gasteiger partial charge in [-0.1, -0.05) is 18.2 Å². The third-order valence-corrected chi connectivity index (χ3v) is 4.47. The van der Waals surface area contributed by atoms with E-state index < -0.39 is 9.84 Å². The van der Waals surface area contributed by atoms with Crippen LogP contribution < -0.4 is 5.73 Å². The van der Waals surface area contributed by atoms with Crippen LogP contribution in [0.2, 0.25) is 0 Å². The number of sulfone groups is 1. The topological polar surface area (TPSA) is 90.1 Å². The summed E-state index contributed by atoms with van der Waals surface area (Å²) >= 11 is 1.14. The van der Waals surface area contributed by atoms with Crippen molar-refractivity contribution in [2.75, 3.05) is 5.73 Å². The molecule has 2 rings (SSSR count). The maximum atomic E-state index is 12.1. The first-order valence-electron chi connectivity index (χ1n) is 5.21. The van der Waals surface area contributed by atoms with Crippen molar-refractivity contribution in [1.29, 1.82) is 0 Å². The lowest BCUT2D eigenvalue weighted by Crippen LogP contribution is -1.99. The third kappa shape index (κ3) is 3.07. The molecule has 19 heavy (non-hydrogen) atoms. The number of benzene rings is 1. The minimum Gasteiger partial charge on any atom is -0.375 e. The first kappa shape index (κ1) is 13.4. The minimum absolute atomic E-state index is 0.0168. The van der Waals surface area contributed by atoms with E-state index in [1.807, 2.05) is 0 Å². The van der Waals surface area contributed by atoms with Gasteiger partial charge in [-0.15, -0.1) is 11.3 Å². The normalized spacial score (nSPS) is 12.3. The molecule has 0 radical (unpaired) electrons. The highest BCUT2D eigenvalue weighted by molar-refractivity contribution is 7.94. The maximum absolute atomic E-state index is 12.1. The van der Waals surface area contributed by atoms with Crippen molar-refractivity contribution in [3.8, 4) is 0 Å². The maximum Gasteiger partial charge on any atom is 0.200 e. The van der Waals surface area contributed by atoms with Crippen molar-refractivity contribution in [2.45, 2.75) is 4.90 Å². The summed E-state index contributed by atoms with van der Waals surface area (Å²) in [6, 6.07) is 7.86. The predicted octanol–water partition coefficient (Wildman–Crippen LogP) is 1.74. The second-order valence-electron chi connectivity index (χ2n) is 3.62. The molecule has 0 aliphatic carbocycles. The lowest BCUT2D eigenvalue weighted by molar-refractivity contribution is -0.103. The number of thiazole rings is 1. The Morgan fingerprint density at radius 1 is 1.26 bits per heavy atom. The van der Waals surface area contributed by atoms with Gasteiger partial charge in [0.25, 0.3) is 0 Å². The Labute approximate surface area is 114 Å². The lowest BCUT2D eigenvalue weighted by atomic mass is 10.3. The number of anilines is 1. The van der Waals surface area contributed by atoms with Crippen molar-refractivity contribution in [3.05, 3.63) is 46.8 Å². The fourth-order valence-electron chi connectivity index (χ4n) is 1.41. The highest BCUT2D eigenvalue weighted by atomic mass is 32.2. The summed E-state index contributed by atoms with van der Waals surface area (Å²) in [5.74, 6) is 0. The van der Waals surface area contributed by atoms with E-state index in [4.69, 9.17) is 5.73 Å². The summed E-state index contributed by atoms with van der Waals surface area (Å²) in [5.41, 5.74) is 5.71. The molecule has 0 spiro atoms. The molecule has 1 aromatic heterocycles. The van der Waals surface area contributed by atoms with Crippen LogP contribution in [0.4, 0.5) is 5.13 Å². The molecule has 1 aromatic carbocycles. The zero-order chi connectivity index (χ0) is 13.9. The van der Waals surface area contributed by atoms with E-state index >= 15 is 0 Å². The van der Waals surface area contributed by atoms with Gasteiger partial charge in [0.05, 0.1) is 16.2 Å². The van der Waals surface area contributed by atoms with Gasteiger partial charge >= 0.3 is 0 Å². The Hall–Kier alpha value is -1.99. The molecular weight excluding hydrogens is 284 g/mol. The molecule has 0 saturated carbocycles. The first-order chi connectivity index (χ1) is 9.03. The summed E-state index contributed by atoms with van der Waals surface area (Å²) < 4.78 is 24.2. The van der Waals surface area contributed by atoms with Crippen LogP contribution in [0.5, 0.6) is 0 Å². The van der Waals surface area contributed by atoms with Gasteiger partial charge in [0.15, 0.2) is 11.4 Å². The zero-order valence-corrected chi connectivity index (χ0v) is 11.3. The summed E-state index contributed by atoms with van der Waals surface area (Å²) in [5, 5.41) is 2.72. The molecule has 0 fully saturated rings. The van der Waals surface area contributed by atoms with E-state index in [1.165, 1.54) is 17.5 Å². The average molecular weight is 294 g/mol. The molecule has 2 N–H and O–H groups in total. The number of nitrogens with two attached hydrogens (primary N) is 1. The number of allylic oxidation sites excluding steroid dienone is 1. The number of carbonyl (C=O) groups is 1. The number of nitrogen functional groups attached to an aromatic ring is 1. The van der Waals surface area contributed by atoms with Crippen molar-refractivity contribution in [2.24, 2.45) is 0 Å². The molecule has 0 aliphatic heterocycles. The molecule has 0 aliphatic rings. The van der Waals surface area contributed by atoms with Gasteiger partial charge in [-0.3, -0.25) is 4.79 Å². The second kappa shape index (κ2) is 5.33. The quantitative estimate of drug-likeness (QED) is 0.685. The SMILES string of the molecule is Nc1nc(/C(C=O)=C/S(=O)(=O)c2ccccc2)cs1. The molecule has 0 unspecified atom stereocenters. The standard InChI is InChI=1S/C12H10N2O3S2/c13-12-14-11(7-18-12)9(6-15)8-19(16,17)10-4-2-1-3-5-10/h1-8H,(H2,13,14)/b9-8+. The largest absolute Gasteiger partial charge is 0.375 e. The van der Waals surface area contributed by atoms with Crippen molar-refractivity contribution in [1.82, 2.24) is 4.98 Å². The molecular formula is C12H10N2O3S2. The van der Waals surface area contributed by atoms with Crippen LogP contribution >= 0.6 is 11.3 Å². The fourth-order valence-corrected chi connectivity index (χ4v) is 3.17. The Kier molecular flexibility index (Phi) is 3.77. The lowest BCUT2D eigenvalue weighted by Gasteiger charge is -1.99. The summed E-state index contributed by atoms with van der Waals surface area (Å²) in [6.45, 7) is 0. The smallest absolute Gasteiger partial charge is 0.200 e. The Morgan fingerprint density at radius 3 is 2.47 bits per heavy atom. The van der Waals surface area contributed by atoms with Gasteiger partial charge in [-0.05, 0) is 12.1 Å². The van der Waals surface area contributed by atoms with Crippen molar-refractivity contribution >= 4 is 38.2 Å². The predicted molar refractivity (Wildman–Crippen MR) is 74.2 cm³/mol. The number of carbonyl (C=O) groups excluding carboxylic acids is 1. The fraction of sp³-hybridized carbons (Fsp3) is 0. The van der Waals surface area contributed by atoms with Gasteiger partial charge in [-0.25, -0.2) is 13.4 Å². The van der Waals surface area contributed by atoms with E-state index in [0.29, 0.717) is 6.29 Å². The Bertz CT molecular complexity index is 718. The Morgan fingerprint density at radius 2 is 1.95 bits per heavy atom. The zero-order valence-electron chi connectivity index (χ0n) is 9.68. The molecule has 0 amide bonds. The molecule has 0 bridgehead atoms. The van der Waals surface area contributed by atoms with Crippen LogP contribution in [0.15, 0.2) is 46.0 Å². The number of hydrogen-bond donors (Lipinski definition) is 1. The van der Waals surface area contributed by atoms with Crippen LogP contribution in [-0.2, 0) is 14.6 Å². The number of hydrogen-bond acceptors (Lipinski definition) is 6. The third-order valence-electron chi connectivity index (χ3n) is 2.30. The highest BCUT2D eigenvalue weighted by Crippen LogP contribution is 2.21. The molecule has 7 heteroatoms. The van der Waals surface area contributed by atoms with Crippen molar-refractivity contribution < 1.29 is 13.2 Å². The summed E-state index contributed by atoms with van der Waals surface area (Å²) in [7, 11) is -3.68. The van der Waals surface area contributed by atoms with Gasteiger partial charge in [0.2, 0.25) is 9.84 Å². The number of rotatable bonds is 4. The van der Waals surface area contributed by atoms with E-state index in [1.54, 1.807) is 18.2 Å². The van der Waals surface area contributed by atoms with Crippen LogP contribution in [0, 0.1) is 0 Å². The molecule has 2 aromatic rings. The van der Waals surface area contributed by atoms with Gasteiger partial charge in [0.1, 0.15) is 0 Å². The van der Waals surface area contributed by atoms with E-state index in [0.717, 1.165) is 16.7 Å².